The number of rotatable bonds is 7. The molecule has 0 radical (unpaired) electrons. The number of benzene rings is 2. The second-order valence-corrected chi connectivity index (χ2v) is 7.01. The lowest BCUT2D eigenvalue weighted by Crippen LogP contribution is -2.32. The van der Waals surface area contributed by atoms with Crippen molar-refractivity contribution in [1.29, 1.82) is 0 Å². The summed E-state index contributed by atoms with van der Waals surface area (Å²) >= 11 is 0. The Labute approximate surface area is 170 Å². The normalized spacial score (nSPS) is 15.8. The molecule has 3 aromatic rings. The number of anilines is 1. The van der Waals surface area contributed by atoms with Gasteiger partial charge >= 0.3 is 0 Å². The molecule has 0 bridgehead atoms. The van der Waals surface area contributed by atoms with Gasteiger partial charge in [0, 0.05) is 31.3 Å². The minimum Gasteiger partial charge on any atom is -0.376 e. The molecule has 0 saturated carbocycles. The molecule has 1 amide bonds. The molecule has 6 heteroatoms. The summed E-state index contributed by atoms with van der Waals surface area (Å²) in [6, 6.07) is 21.4. The number of amides is 1. The summed E-state index contributed by atoms with van der Waals surface area (Å²) in [7, 11) is 0. The summed E-state index contributed by atoms with van der Waals surface area (Å²) < 4.78 is 5.58. The zero-order chi connectivity index (χ0) is 19.9. The van der Waals surface area contributed by atoms with Crippen molar-refractivity contribution in [3.05, 3.63) is 78.0 Å². The first-order valence-electron chi connectivity index (χ1n) is 9.90. The molecule has 1 fully saturated rings. The molecule has 2 aromatic carbocycles. The van der Waals surface area contributed by atoms with Crippen LogP contribution in [0.2, 0.25) is 0 Å². The molecular weight excluding hydrogens is 364 g/mol. The highest BCUT2D eigenvalue weighted by Crippen LogP contribution is 2.19. The van der Waals surface area contributed by atoms with Crippen LogP contribution in [0.5, 0.6) is 0 Å². The van der Waals surface area contributed by atoms with Gasteiger partial charge in [-0.1, -0.05) is 60.7 Å². The maximum Gasteiger partial charge on any atom is 0.270 e. The summed E-state index contributed by atoms with van der Waals surface area (Å²) in [5.74, 6) is 0.916. The van der Waals surface area contributed by atoms with E-state index in [9.17, 15) is 4.79 Å². The van der Waals surface area contributed by atoms with E-state index in [1.165, 1.54) is 0 Å². The first kappa shape index (κ1) is 19.1. The topological polar surface area (TPSA) is 76.1 Å². The predicted octanol–water partition coefficient (Wildman–Crippen LogP) is 3.66. The van der Waals surface area contributed by atoms with E-state index in [2.05, 4.69) is 20.6 Å². The molecule has 1 saturated heterocycles. The monoisotopic (exact) mass is 388 g/mol. The fraction of sp³-hybridized carbons (Fsp3) is 0.261. The molecule has 4 rings (SSSR count). The van der Waals surface area contributed by atoms with Gasteiger partial charge in [-0.15, -0.1) is 0 Å². The van der Waals surface area contributed by atoms with Gasteiger partial charge in [-0.2, -0.15) is 0 Å². The highest BCUT2D eigenvalue weighted by Gasteiger charge is 2.18. The van der Waals surface area contributed by atoms with Crippen molar-refractivity contribution in [2.24, 2.45) is 0 Å². The van der Waals surface area contributed by atoms with Gasteiger partial charge in [-0.25, -0.2) is 9.97 Å². The molecule has 1 unspecified atom stereocenters. The molecule has 1 aromatic heterocycles. The Kier molecular flexibility index (Phi) is 6.12. The van der Waals surface area contributed by atoms with Crippen LogP contribution < -0.4 is 10.6 Å². The Morgan fingerprint density at radius 2 is 1.79 bits per heavy atom. The van der Waals surface area contributed by atoms with E-state index in [4.69, 9.17) is 4.74 Å². The number of nitrogens with zero attached hydrogens (tertiary/aromatic N) is 2. The maximum atomic E-state index is 12.7. The summed E-state index contributed by atoms with van der Waals surface area (Å²) in [5.41, 5.74) is 2.34. The molecule has 2 N–H and O–H groups in total. The van der Waals surface area contributed by atoms with E-state index in [1.54, 1.807) is 6.07 Å². The first-order valence-corrected chi connectivity index (χ1v) is 9.90. The highest BCUT2D eigenvalue weighted by molar-refractivity contribution is 5.93. The number of aromatic nitrogens is 2. The van der Waals surface area contributed by atoms with Gasteiger partial charge in [0.1, 0.15) is 11.5 Å². The quantitative estimate of drug-likeness (QED) is 0.646. The molecule has 0 aliphatic carbocycles. The average molecular weight is 388 g/mol. The van der Waals surface area contributed by atoms with Gasteiger partial charge in [-0.05, 0) is 18.4 Å². The Morgan fingerprint density at radius 1 is 1.03 bits per heavy atom. The van der Waals surface area contributed by atoms with Crippen LogP contribution in [0.15, 0.2) is 66.7 Å². The molecule has 2 heterocycles. The number of carbonyl (C=O) groups is 1. The van der Waals surface area contributed by atoms with Crippen molar-refractivity contribution in [2.75, 3.05) is 18.5 Å². The van der Waals surface area contributed by atoms with Crippen LogP contribution in [0.1, 0.15) is 28.9 Å². The van der Waals surface area contributed by atoms with Crippen molar-refractivity contribution in [2.45, 2.75) is 25.5 Å². The minimum absolute atomic E-state index is 0.0880. The molecule has 148 valence electrons. The Balaban J connectivity index is 1.54. The Morgan fingerprint density at radius 3 is 2.52 bits per heavy atom. The fourth-order valence-electron chi connectivity index (χ4n) is 3.26. The van der Waals surface area contributed by atoms with Crippen LogP contribution in [-0.4, -0.2) is 35.1 Å². The third kappa shape index (κ3) is 5.18. The lowest BCUT2D eigenvalue weighted by atomic mass is 10.2. The van der Waals surface area contributed by atoms with Crippen LogP contribution >= 0.6 is 0 Å². The number of hydrogen-bond acceptors (Lipinski definition) is 5. The highest BCUT2D eigenvalue weighted by atomic mass is 16.5. The minimum atomic E-state index is -0.220. The predicted molar refractivity (Wildman–Crippen MR) is 113 cm³/mol. The first-order chi connectivity index (χ1) is 14.3. The van der Waals surface area contributed by atoms with Gasteiger partial charge < -0.3 is 15.4 Å². The van der Waals surface area contributed by atoms with Crippen molar-refractivity contribution in [3.8, 4) is 11.4 Å². The van der Waals surface area contributed by atoms with Crippen molar-refractivity contribution >= 4 is 11.7 Å². The van der Waals surface area contributed by atoms with Gasteiger partial charge in [0.05, 0.1) is 6.10 Å². The van der Waals surface area contributed by atoms with Gasteiger partial charge in [0.15, 0.2) is 5.82 Å². The number of hydrogen-bond donors (Lipinski definition) is 2. The van der Waals surface area contributed by atoms with Gasteiger partial charge in [0.25, 0.3) is 5.91 Å². The third-order valence-corrected chi connectivity index (χ3v) is 4.82. The molecule has 0 spiro atoms. The fourth-order valence-corrected chi connectivity index (χ4v) is 3.26. The Bertz CT molecular complexity index is 942. The lowest BCUT2D eigenvalue weighted by molar-refractivity contribution is 0.0853. The van der Waals surface area contributed by atoms with E-state index in [0.717, 1.165) is 30.6 Å². The number of nitrogens with one attached hydrogen (secondary N) is 2. The van der Waals surface area contributed by atoms with E-state index >= 15 is 0 Å². The second kappa shape index (κ2) is 9.30. The summed E-state index contributed by atoms with van der Waals surface area (Å²) in [6.45, 7) is 1.87. The van der Waals surface area contributed by atoms with Crippen molar-refractivity contribution in [3.63, 3.8) is 0 Å². The van der Waals surface area contributed by atoms with E-state index < -0.39 is 0 Å². The van der Waals surface area contributed by atoms with Crippen LogP contribution in [-0.2, 0) is 11.3 Å². The number of ether oxygens (including phenoxy) is 1. The molecule has 1 aliphatic rings. The summed E-state index contributed by atoms with van der Waals surface area (Å²) in [6.07, 6.45) is 2.10. The SMILES string of the molecule is O=C(NCC1CCCO1)c1cc(NCc2ccccc2)nc(-c2ccccc2)n1. The Hall–Kier alpha value is -3.25. The third-order valence-electron chi connectivity index (χ3n) is 4.82. The largest absolute Gasteiger partial charge is 0.376 e. The van der Waals surface area contributed by atoms with Crippen LogP contribution in [0, 0.1) is 0 Å². The summed E-state index contributed by atoms with van der Waals surface area (Å²) in [5, 5.41) is 6.25. The zero-order valence-electron chi connectivity index (χ0n) is 16.2. The molecule has 1 aliphatic heterocycles. The van der Waals surface area contributed by atoms with Crippen LogP contribution in [0.4, 0.5) is 5.82 Å². The lowest BCUT2D eigenvalue weighted by Gasteiger charge is -2.13. The van der Waals surface area contributed by atoms with Gasteiger partial charge in [-0.3, -0.25) is 4.79 Å². The van der Waals surface area contributed by atoms with Crippen molar-refractivity contribution in [1.82, 2.24) is 15.3 Å². The molecule has 6 nitrogen and oxygen atoms in total. The maximum absolute atomic E-state index is 12.7. The van der Waals surface area contributed by atoms with Gasteiger partial charge in [0.2, 0.25) is 0 Å². The van der Waals surface area contributed by atoms with E-state index in [1.807, 2.05) is 60.7 Å². The second-order valence-electron chi connectivity index (χ2n) is 7.01. The average Bonchev–Trinajstić information content (AvgIpc) is 3.31. The molecular formula is C23H24N4O2. The summed E-state index contributed by atoms with van der Waals surface area (Å²) in [4.78, 5) is 21.8. The van der Waals surface area contributed by atoms with Crippen LogP contribution in [0.3, 0.4) is 0 Å². The standard InChI is InChI=1S/C23H24N4O2/c28-23(25-16-19-12-7-13-29-19)20-14-21(24-15-17-8-3-1-4-9-17)27-22(26-20)18-10-5-2-6-11-18/h1-6,8-11,14,19H,7,12-13,15-16H2,(H,25,28)(H,24,26,27). The molecule has 1 atom stereocenters. The number of carbonyl (C=O) groups excluding carboxylic acids is 1. The van der Waals surface area contributed by atoms with E-state index in [0.29, 0.717) is 30.4 Å². The zero-order valence-corrected chi connectivity index (χ0v) is 16.2. The molecule has 29 heavy (non-hydrogen) atoms. The van der Waals surface area contributed by atoms with E-state index in [-0.39, 0.29) is 12.0 Å². The smallest absolute Gasteiger partial charge is 0.270 e. The van der Waals surface area contributed by atoms with Crippen molar-refractivity contribution < 1.29 is 9.53 Å². The van der Waals surface area contributed by atoms with Crippen LogP contribution in [0.25, 0.3) is 11.4 Å².